The first-order chi connectivity index (χ1) is 6.66. The van der Waals surface area contributed by atoms with E-state index in [1.807, 2.05) is 26.2 Å². The second-order valence-electron chi connectivity index (χ2n) is 3.47. The molecule has 0 radical (unpaired) electrons. The Bertz CT molecular complexity index is 442. The lowest BCUT2D eigenvalue weighted by atomic mass is 10.3. The zero-order valence-corrected chi connectivity index (χ0v) is 8.61. The SMILES string of the molecule is Cc1cc(Cn2cnc(C)c2C)no1. The number of imidazole rings is 1. The summed E-state index contributed by atoms with van der Waals surface area (Å²) in [7, 11) is 0. The van der Waals surface area contributed by atoms with Crippen LogP contribution in [0.1, 0.15) is 22.8 Å². The van der Waals surface area contributed by atoms with Crippen LogP contribution in [0.25, 0.3) is 0 Å². The van der Waals surface area contributed by atoms with Gasteiger partial charge < -0.3 is 9.09 Å². The van der Waals surface area contributed by atoms with Crippen LogP contribution < -0.4 is 0 Å². The maximum Gasteiger partial charge on any atom is 0.133 e. The van der Waals surface area contributed by atoms with Gasteiger partial charge in [0.05, 0.1) is 18.6 Å². The summed E-state index contributed by atoms with van der Waals surface area (Å²) in [6.45, 7) is 6.67. The topological polar surface area (TPSA) is 43.9 Å². The van der Waals surface area contributed by atoms with Gasteiger partial charge in [-0.3, -0.25) is 0 Å². The maximum absolute atomic E-state index is 5.00. The molecule has 0 aliphatic carbocycles. The van der Waals surface area contributed by atoms with E-state index in [1.54, 1.807) is 0 Å². The van der Waals surface area contributed by atoms with Crippen molar-refractivity contribution in [3.8, 4) is 0 Å². The Labute approximate surface area is 82.6 Å². The van der Waals surface area contributed by atoms with Gasteiger partial charge in [-0.1, -0.05) is 5.16 Å². The Hall–Kier alpha value is -1.58. The van der Waals surface area contributed by atoms with Crippen molar-refractivity contribution in [2.24, 2.45) is 0 Å². The molecule has 0 spiro atoms. The van der Waals surface area contributed by atoms with E-state index in [-0.39, 0.29) is 0 Å². The lowest BCUT2D eigenvalue weighted by Gasteiger charge is -2.00. The Kier molecular flexibility index (Phi) is 2.11. The van der Waals surface area contributed by atoms with Gasteiger partial charge in [0.1, 0.15) is 11.5 Å². The number of hydrogen-bond acceptors (Lipinski definition) is 3. The zero-order chi connectivity index (χ0) is 10.1. The minimum absolute atomic E-state index is 0.726. The van der Waals surface area contributed by atoms with Gasteiger partial charge in [-0.05, 0) is 20.8 Å². The number of rotatable bonds is 2. The number of aryl methyl sites for hydroxylation is 2. The standard InChI is InChI=1S/C10H13N3O/c1-7-4-10(12-14-7)5-13-6-11-8(2)9(13)3/h4,6H,5H2,1-3H3. The fourth-order valence-corrected chi connectivity index (χ4v) is 1.37. The molecule has 0 aliphatic heterocycles. The highest BCUT2D eigenvalue weighted by Gasteiger charge is 2.05. The van der Waals surface area contributed by atoms with Gasteiger partial charge in [-0.15, -0.1) is 0 Å². The summed E-state index contributed by atoms with van der Waals surface area (Å²) in [5.41, 5.74) is 3.17. The van der Waals surface area contributed by atoms with E-state index in [0.29, 0.717) is 0 Å². The van der Waals surface area contributed by atoms with Crippen molar-refractivity contribution in [1.29, 1.82) is 0 Å². The number of nitrogens with zero attached hydrogens (tertiary/aromatic N) is 3. The first-order valence-electron chi connectivity index (χ1n) is 4.57. The molecule has 74 valence electrons. The highest BCUT2D eigenvalue weighted by atomic mass is 16.5. The van der Waals surface area contributed by atoms with Gasteiger partial charge in [0.25, 0.3) is 0 Å². The quantitative estimate of drug-likeness (QED) is 0.727. The van der Waals surface area contributed by atoms with Gasteiger partial charge in [0, 0.05) is 11.8 Å². The monoisotopic (exact) mass is 191 g/mol. The lowest BCUT2D eigenvalue weighted by Crippen LogP contribution is -2.00. The van der Waals surface area contributed by atoms with Crippen LogP contribution in [-0.2, 0) is 6.54 Å². The van der Waals surface area contributed by atoms with Crippen molar-refractivity contribution in [3.63, 3.8) is 0 Å². The van der Waals surface area contributed by atoms with Crippen molar-refractivity contribution in [2.45, 2.75) is 27.3 Å². The highest BCUT2D eigenvalue weighted by Crippen LogP contribution is 2.08. The van der Waals surface area contributed by atoms with E-state index < -0.39 is 0 Å². The predicted molar refractivity (Wildman–Crippen MR) is 52.0 cm³/mol. The summed E-state index contributed by atoms with van der Waals surface area (Å²) < 4.78 is 7.06. The molecule has 0 fully saturated rings. The Balaban J connectivity index is 2.22. The molecule has 4 nitrogen and oxygen atoms in total. The van der Waals surface area contributed by atoms with Crippen molar-refractivity contribution < 1.29 is 4.52 Å². The fourth-order valence-electron chi connectivity index (χ4n) is 1.37. The van der Waals surface area contributed by atoms with E-state index in [9.17, 15) is 0 Å². The molecule has 2 aromatic heterocycles. The molecule has 0 saturated heterocycles. The van der Waals surface area contributed by atoms with Crippen LogP contribution in [0.5, 0.6) is 0 Å². The first-order valence-corrected chi connectivity index (χ1v) is 4.57. The molecule has 0 atom stereocenters. The Morgan fingerprint density at radius 1 is 1.36 bits per heavy atom. The molecular weight excluding hydrogens is 178 g/mol. The summed E-state index contributed by atoms with van der Waals surface area (Å²) in [4.78, 5) is 4.22. The van der Waals surface area contributed by atoms with Crippen LogP contribution in [0.3, 0.4) is 0 Å². The zero-order valence-electron chi connectivity index (χ0n) is 8.61. The second-order valence-corrected chi connectivity index (χ2v) is 3.47. The molecule has 0 unspecified atom stereocenters. The molecule has 0 aromatic carbocycles. The van der Waals surface area contributed by atoms with Crippen LogP contribution in [-0.4, -0.2) is 14.7 Å². The van der Waals surface area contributed by atoms with Gasteiger partial charge >= 0.3 is 0 Å². The predicted octanol–water partition coefficient (Wildman–Crippen LogP) is 1.84. The van der Waals surface area contributed by atoms with E-state index >= 15 is 0 Å². The summed E-state index contributed by atoms with van der Waals surface area (Å²) in [5.74, 6) is 0.842. The molecule has 0 N–H and O–H groups in total. The molecular formula is C10H13N3O. The molecule has 4 heteroatoms. The minimum Gasteiger partial charge on any atom is -0.361 e. The third-order valence-corrected chi connectivity index (χ3v) is 2.35. The average molecular weight is 191 g/mol. The smallest absolute Gasteiger partial charge is 0.133 e. The van der Waals surface area contributed by atoms with Gasteiger partial charge in [-0.2, -0.15) is 0 Å². The van der Waals surface area contributed by atoms with Crippen molar-refractivity contribution in [3.05, 3.63) is 35.2 Å². The van der Waals surface area contributed by atoms with Crippen molar-refractivity contribution >= 4 is 0 Å². The third kappa shape index (κ3) is 1.55. The average Bonchev–Trinajstić information content (AvgIpc) is 2.67. The molecule has 0 saturated carbocycles. The molecule has 0 aliphatic rings. The third-order valence-electron chi connectivity index (χ3n) is 2.35. The summed E-state index contributed by atoms with van der Waals surface area (Å²) in [6.07, 6.45) is 1.83. The Morgan fingerprint density at radius 2 is 2.14 bits per heavy atom. The van der Waals surface area contributed by atoms with E-state index in [0.717, 1.165) is 23.7 Å². The molecule has 0 bridgehead atoms. The van der Waals surface area contributed by atoms with E-state index in [1.165, 1.54) is 5.69 Å². The normalized spacial score (nSPS) is 10.8. The summed E-state index contributed by atoms with van der Waals surface area (Å²) >= 11 is 0. The fraction of sp³-hybridized carbons (Fsp3) is 0.400. The number of hydrogen-bond donors (Lipinski definition) is 0. The molecule has 2 heterocycles. The van der Waals surface area contributed by atoms with Gasteiger partial charge in [0.2, 0.25) is 0 Å². The van der Waals surface area contributed by atoms with Crippen LogP contribution in [0.4, 0.5) is 0 Å². The van der Waals surface area contributed by atoms with Crippen LogP contribution in [0.2, 0.25) is 0 Å². The molecule has 0 amide bonds. The first kappa shape index (κ1) is 8.99. The summed E-state index contributed by atoms with van der Waals surface area (Å²) in [5, 5.41) is 3.94. The van der Waals surface area contributed by atoms with Gasteiger partial charge in [-0.25, -0.2) is 4.98 Å². The van der Waals surface area contributed by atoms with Crippen LogP contribution >= 0.6 is 0 Å². The largest absolute Gasteiger partial charge is 0.361 e. The van der Waals surface area contributed by atoms with Gasteiger partial charge in [0.15, 0.2) is 0 Å². The second kappa shape index (κ2) is 3.29. The summed E-state index contributed by atoms with van der Waals surface area (Å²) in [6, 6.07) is 1.94. The van der Waals surface area contributed by atoms with Crippen LogP contribution in [0, 0.1) is 20.8 Å². The van der Waals surface area contributed by atoms with Crippen molar-refractivity contribution in [2.75, 3.05) is 0 Å². The molecule has 2 aromatic rings. The molecule has 2 rings (SSSR count). The maximum atomic E-state index is 5.00. The van der Waals surface area contributed by atoms with E-state index in [4.69, 9.17) is 4.52 Å². The molecule has 14 heavy (non-hydrogen) atoms. The van der Waals surface area contributed by atoms with E-state index in [2.05, 4.69) is 21.6 Å². The van der Waals surface area contributed by atoms with Crippen molar-refractivity contribution in [1.82, 2.24) is 14.7 Å². The highest BCUT2D eigenvalue weighted by molar-refractivity contribution is 5.12. The van der Waals surface area contributed by atoms with Crippen LogP contribution in [0.15, 0.2) is 16.9 Å². The lowest BCUT2D eigenvalue weighted by molar-refractivity contribution is 0.389. The number of aromatic nitrogens is 3. The minimum atomic E-state index is 0.726. The Morgan fingerprint density at radius 3 is 2.64 bits per heavy atom.